The first-order valence-electron chi connectivity index (χ1n) is 7.50. The van der Waals surface area contributed by atoms with E-state index in [9.17, 15) is 5.11 Å². The summed E-state index contributed by atoms with van der Waals surface area (Å²) in [7, 11) is 0. The lowest BCUT2D eigenvalue weighted by molar-refractivity contribution is 0.169. The maximum Gasteiger partial charge on any atom is 0.0957 e. The fraction of sp³-hybridized carbons (Fsp3) is 0.588. The van der Waals surface area contributed by atoms with Crippen molar-refractivity contribution in [2.45, 2.75) is 46.6 Å². The van der Waals surface area contributed by atoms with Crippen molar-refractivity contribution in [3.8, 4) is 0 Å². The lowest BCUT2D eigenvalue weighted by Gasteiger charge is -2.33. The molecule has 1 atom stereocenters. The van der Waals surface area contributed by atoms with Crippen molar-refractivity contribution in [1.82, 2.24) is 4.98 Å². The van der Waals surface area contributed by atoms with Crippen LogP contribution in [0.4, 0.5) is 5.69 Å². The van der Waals surface area contributed by atoms with E-state index in [4.69, 9.17) is 0 Å². The fourth-order valence-electron chi connectivity index (χ4n) is 2.58. The summed E-state index contributed by atoms with van der Waals surface area (Å²) in [6.45, 7) is 10.8. The summed E-state index contributed by atoms with van der Waals surface area (Å²) in [5, 5.41) is 9.77. The Kier molecular flexibility index (Phi) is 4.48. The molecule has 1 aromatic heterocycles. The number of rotatable bonds is 3. The van der Waals surface area contributed by atoms with Gasteiger partial charge in [0.2, 0.25) is 0 Å². The number of aliphatic hydroxyl groups excluding tert-OH is 1. The van der Waals surface area contributed by atoms with E-state index >= 15 is 0 Å². The Labute approximate surface area is 122 Å². The average Bonchev–Trinajstić information content (AvgIpc) is 2.46. The third-order valence-electron chi connectivity index (χ3n) is 4.04. The first kappa shape index (κ1) is 15.0. The number of nitrogens with zero attached hydrogens (tertiary/aromatic N) is 2. The van der Waals surface area contributed by atoms with E-state index in [1.54, 1.807) is 5.57 Å². The molecule has 1 N–H and O–H groups in total. The summed E-state index contributed by atoms with van der Waals surface area (Å²) >= 11 is 0. The van der Waals surface area contributed by atoms with Crippen molar-refractivity contribution in [3.63, 3.8) is 0 Å². The molecule has 1 unspecified atom stereocenters. The second-order valence-electron chi connectivity index (χ2n) is 6.54. The summed E-state index contributed by atoms with van der Waals surface area (Å²) < 4.78 is 0. The van der Waals surface area contributed by atoms with Crippen LogP contribution in [0.25, 0.3) is 0 Å². The van der Waals surface area contributed by atoms with E-state index in [1.165, 1.54) is 0 Å². The predicted octanol–water partition coefficient (Wildman–Crippen LogP) is 3.71. The maximum absolute atomic E-state index is 9.77. The van der Waals surface area contributed by atoms with Gasteiger partial charge < -0.3 is 10.0 Å². The van der Waals surface area contributed by atoms with E-state index in [-0.39, 0.29) is 5.41 Å². The maximum atomic E-state index is 9.77. The van der Waals surface area contributed by atoms with Crippen molar-refractivity contribution in [2.75, 3.05) is 18.0 Å². The van der Waals surface area contributed by atoms with Gasteiger partial charge in [0, 0.05) is 13.1 Å². The molecule has 3 heteroatoms. The van der Waals surface area contributed by atoms with Crippen LogP contribution in [0, 0.1) is 5.41 Å². The summed E-state index contributed by atoms with van der Waals surface area (Å²) in [6.07, 6.45) is 5.59. The minimum atomic E-state index is -0.446. The van der Waals surface area contributed by atoms with E-state index < -0.39 is 6.10 Å². The van der Waals surface area contributed by atoms with Gasteiger partial charge >= 0.3 is 0 Å². The third-order valence-corrected chi connectivity index (χ3v) is 4.04. The Hall–Kier alpha value is -1.35. The monoisotopic (exact) mass is 274 g/mol. The van der Waals surface area contributed by atoms with Crippen molar-refractivity contribution < 1.29 is 5.11 Å². The Morgan fingerprint density at radius 1 is 1.35 bits per heavy atom. The molecule has 2 rings (SSSR count). The number of anilines is 1. The lowest BCUT2D eigenvalue weighted by Crippen LogP contribution is -2.31. The fourth-order valence-corrected chi connectivity index (χ4v) is 2.58. The van der Waals surface area contributed by atoms with E-state index in [2.05, 4.69) is 42.8 Å². The Bertz CT molecular complexity index is 471. The van der Waals surface area contributed by atoms with Gasteiger partial charge in [0.1, 0.15) is 0 Å². The average molecular weight is 274 g/mol. The largest absolute Gasteiger partial charge is 0.387 e. The van der Waals surface area contributed by atoms with Crippen LogP contribution in [-0.4, -0.2) is 23.2 Å². The smallest absolute Gasteiger partial charge is 0.0957 e. The minimum Gasteiger partial charge on any atom is -0.387 e. The van der Waals surface area contributed by atoms with Gasteiger partial charge in [-0.2, -0.15) is 0 Å². The minimum absolute atomic E-state index is 0.277. The van der Waals surface area contributed by atoms with Crippen molar-refractivity contribution >= 4 is 5.69 Å². The van der Waals surface area contributed by atoms with Crippen molar-refractivity contribution in [2.24, 2.45) is 5.41 Å². The molecule has 0 fully saturated rings. The summed E-state index contributed by atoms with van der Waals surface area (Å²) in [4.78, 5) is 6.72. The van der Waals surface area contributed by atoms with Crippen molar-refractivity contribution in [3.05, 3.63) is 35.7 Å². The molecule has 110 valence electrons. The highest BCUT2D eigenvalue weighted by molar-refractivity contribution is 5.47. The third kappa shape index (κ3) is 3.40. The molecule has 3 nitrogen and oxygen atoms in total. The Morgan fingerprint density at radius 2 is 2.10 bits per heavy atom. The summed E-state index contributed by atoms with van der Waals surface area (Å²) in [6, 6.07) is 4.00. The number of aromatic nitrogens is 1. The predicted molar refractivity (Wildman–Crippen MR) is 83.9 cm³/mol. The Balaban J connectivity index is 2.06. The molecule has 0 radical (unpaired) electrons. The number of hydrogen-bond acceptors (Lipinski definition) is 3. The van der Waals surface area contributed by atoms with E-state index in [0.717, 1.165) is 30.9 Å². The quantitative estimate of drug-likeness (QED) is 0.854. The van der Waals surface area contributed by atoms with Gasteiger partial charge in [-0.25, -0.2) is 0 Å². The Morgan fingerprint density at radius 3 is 2.55 bits per heavy atom. The zero-order chi connectivity index (χ0) is 14.8. The second-order valence-corrected chi connectivity index (χ2v) is 6.54. The van der Waals surface area contributed by atoms with E-state index in [0.29, 0.717) is 6.42 Å². The molecule has 0 saturated carbocycles. The van der Waals surface area contributed by atoms with Crippen LogP contribution >= 0.6 is 0 Å². The van der Waals surface area contributed by atoms with Crippen LogP contribution in [0.5, 0.6) is 0 Å². The van der Waals surface area contributed by atoms with Gasteiger partial charge in [-0.1, -0.05) is 39.3 Å². The molecule has 1 aromatic rings. The number of hydrogen-bond donors (Lipinski definition) is 1. The zero-order valence-electron chi connectivity index (χ0n) is 13.1. The molecule has 2 heterocycles. The van der Waals surface area contributed by atoms with Crippen LogP contribution in [0.15, 0.2) is 30.0 Å². The van der Waals surface area contributed by atoms with Crippen LogP contribution in [0.2, 0.25) is 0 Å². The van der Waals surface area contributed by atoms with Gasteiger partial charge in [0.25, 0.3) is 0 Å². The molecule has 1 aliphatic heterocycles. The molecule has 0 aliphatic carbocycles. The number of aliphatic hydroxyl groups is 1. The SMILES string of the molecule is CCC(O)c1ccc(N2CC=C(C(C)(C)C)CC2)cn1. The van der Waals surface area contributed by atoms with Crippen LogP contribution < -0.4 is 4.90 Å². The zero-order valence-corrected chi connectivity index (χ0v) is 13.1. The number of pyridine rings is 1. The molecular weight excluding hydrogens is 248 g/mol. The molecule has 20 heavy (non-hydrogen) atoms. The van der Waals surface area contributed by atoms with Crippen molar-refractivity contribution in [1.29, 1.82) is 0 Å². The highest BCUT2D eigenvalue weighted by Crippen LogP contribution is 2.31. The van der Waals surface area contributed by atoms with Crippen LogP contribution in [0.3, 0.4) is 0 Å². The first-order valence-corrected chi connectivity index (χ1v) is 7.50. The summed E-state index contributed by atoms with van der Waals surface area (Å²) in [5.41, 5.74) is 3.72. The molecule has 0 saturated heterocycles. The topological polar surface area (TPSA) is 36.4 Å². The standard InChI is InChI=1S/C17H26N2O/c1-5-16(20)15-7-6-14(12-18-15)19-10-8-13(9-11-19)17(2,3)4/h6-8,12,16,20H,5,9-11H2,1-4H3. The highest BCUT2D eigenvalue weighted by Gasteiger charge is 2.21. The molecule has 1 aliphatic rings. The van der Waals surface area contributed by atoms with Crippen LogP contribution in [0.1, 0.15) is 52.3 Å². The molecule has 0 bridgehead atoms. The molecule has 0 aromatic carbocycles. The van der Waals surface area contributed by atoms with Gasteiger partial charge in [-0.15, -0.1) is 0 Å². The lowest BCUT2D eigenvalue weighted by atomic mass is 9.83. The second kappa shape index (κ2) is 5.96. The molecule has 0 spiro atoms. The normalized spacial score (nSPS) is 17.9. The van der Waals surface area contributed by atoms with Crippen LogP contribution in [-0.2, 0) is 0 Å². The van der Waals surface area contributed by atoms with Gasteiger partial charge in [-0.05, 0) is 30.4 Å². The van der Waals surface area contributed by atoms with Gasteiger partial charge in [-0.3, -0.25) is 4.98 Å². The molecule has 0 amide bonds. The molecular formula is C17H26N2O. The van der Waals surface area contributed by atoms with Gasteiger partial charge in [0.15, 0.2) is 0 Å². The summed E-state index contributed by atoms with van der Waals surface area (Å²) in [5.74, 6) is 0. The van der Waals surface area contributed by atoms with E-state index in [1.807, 2.05) is 19.2 Å². The van der Waals surface area contributed by atoms with Gasteiger partial charge in [0.05, 0.1) is 23.7 Å². The highest BCUT2D eigenvalue weighted by atomic mass is 16.3. The first-order chi connectivity index (χ1) is 9.41.